The highest BCUT2D eigenvalue weighted by Crippen LogP contribution is 2.47. The molecule has 0 aliphatic carbocycles. The summed E-state index contributed by atoms with van der Waals surface area (Å²) in [5.74, 6) is -0.430. The molecule has 3 aromatic carbocycles. The second-order valence-electron chi connectivity index (χ2n) is 8.74. The number of fused-ring (bicyclic) bond motifs is 2. The summed E-state index contributed by atoms with van der Waals surface area (Å²) in [5, 5.41) is 34.9. The molecule has 2 N–H and O–H groups in total. The molecule has 5 aromatic rings. The van der Waals surface area contributed by atoms with Gasteiger partial charge in [-0.1, -0.05) is 18.2 Å². The Labute approximate surface area is 208 Å². The van der Waals surface area contributed by atoms with Crippen LogP contribution in [-0.4, -0.2) is 36.8 Å². The van der Waals surface area contributed by atoms with Crippen LogP contribution in [-0.2, 0) is 12.1 Å². The van der Waals surface area contributed by atoms with Gasteiger partial charge in [0.2, 0.25) is 5.60 Å². The number of benzene rings is 3. The summed E-state index contributed by atoms with van der Waals surface area (Å²) in [4.78, 5) is 0. The number of halogens is 4. The van der Waals surface area contributed by atoms with Crippen LogP contribution in [0.15, 0.2) is 79.1 Å². The first-order valence-corrected chi connectivity index (χ1v) is 11.3. The minimum absolute atomic E-state index is 0.0134. The molecule has 0 aliphatic rings. The number of aliphatic hydroxyl groups is 2. The number of alkyl halides is 3. The van der Waals surface area contributed by atoms with Crippen molar-refractivity contribution in [1.82, 2.24) is 14.3 Å². The summed E-state index contributed by atoms with van der Waals surface area (Å²) in [5.41, 5.74) is -2.72. The lowest BCUT2D eigenvalue weighted by atomic mass is 9.83. The zero-order valence-electron chi connectivity index (χ0n) is 19.2. The van der Waals surface area contributed by atoms with Gasteiger partial charge in [-0.2, -0.15) is 23.5 Å². The van der Waals surface area contributed by atoms with E-state index in [0.717, 1.165) is 0 Å². The van der Waals surface area contributed by atoms with E-state index >= 15 is 0 Å². The van der Waals surface area contributed by atoms with Crippen molar-refractivity contribution in [3.05, 3.63) is 96.1 Å². The minimum atomic E-state index is -5.08. The fourth-order valence-electron chi connectivity index (χ4n) is 4.61. The quantitative estimate of drug-likeness (QED) is 0.309. The van der Waals surface area contributed by atoms with Crippen LogP contribution in [0.2, 0.25) is 0 Å². The van der Waals surface area contributed by atoms with Gasteiger partial charge in [0, 0.05) is 34.6 Å². The first-order valence-electron chi connectivity index (χ1n) is 11.3. The Hall–Kier alpha value is -4.20. The van der Waals surface area contributed by atoms with Crippen molar-refractivity contribution in [2.45, 2.75) is 30.8 Å². The Morgan fingerprint density at radius 3 is 2.46 bits per heavy atom. The van der Waals surface area contributed by atoms with Crippen LogP contribution in [0.3, 0.4) is 0 Å². The average molecular weight is 508 g/mol. The van der Waals surface area contributed by atoms with Gasteiger partial charge in [-0.3, -0.25) is 0 Å². The van der Waals surface area contributed by atoms with Crippen LogP contribution in [0.4, 0.5) is 17.6 Å². The first-order chi connectivity index (χ1) is 17.6. The Morgan fingerprint density at radius 2 is 1.76 bits per heavy atom. The maximum atomic E-state index is 14.6. The second-order valence-corrected chi connectivity index (χ2v) is 8.74. The van der Waals surface area contributed by atoms with E-state index in [1.807, 2.05) is 6.07 Å². The van der Waals surface area contributed by atoms with Crippen LogP contribution >= 0.6 is 0 Å². The van der Waals surface area contributed by atoms with E-state index in [1.54, 1.807) is 10.6 Å². The standard InChI is InChI=1S/C27H20F4N4O2/c28-19-5-7-20(8-6-19)35-24-9-4-18(14-17(24)15-33-35)26(37,27(29,30)31)23-2-1-3-25-22(23)11-13-34(25)16-21(36)10-12-32/h1-9,11,13-15,21,36-37H,10,16H2/t21?,26-/m0/s1. The minimum Gasteiger partial charge on any atom is -0.390 e. The molecule has 188 valence electrons. The number of aliphatic hydroxyl groups excluding tert-OH is 1. The van der Waals surface area contributed by atoms with Crippen molar-refractivity contribution < 1.29 is 27.8 Å². The fourth-order valence-corrected chi connectivity index (χ4v) is 4.61. The molecule has 0 radical (unpaired) electrons. The summed E-state index contributed by atoms with van der Waals surface area (Å²) in [6.45, 7) is 0.0134. The van der Waals surface area contributed by atoms with Gasteiger partial charge in [-0.25, -0.2) is 9.07 Å². The molecular weight excluding hydrogens is 488 g/mol. The Balaban J connectivity index is 1.63. The van der Waals surface area contributed by atoms with E-state index in [4.69, 9.17) is 5.26 Å². The van der Waals surface area contributed by atoms with Gasteiger partial charge in [0.15, 0.2) is 0 Å². The zero-order valence-corrected chi connectivity index (χ0v) is 19.2. The number of nitrogens with zero attached hydrogens (tertiary/aromatic N) is 4. The number of rotatable bonds is 6. The number of nitriles is 1. The normalized spacial score (nSPS) is 14.5. The summed E-state index contributed by atoms with van der Waals surface area (Å²) < 4.78 is 60.3. The van der Waals surface area contributed by atoms with Crippen molar-refractivity contribution in [2.75, 3.05) is 0 Å². The molecule has 6 nitrogen and oxygen atoms in total. The van der Waals surface area contributed by atoms with Gasteiger partial charge < -0.3 is 14.8 Å². The molecule has 37 heavy (non-hydrogen) atoms. The lowest BCUT2D eigenvalue weighted by molar-refractivity contribution is -0.247. The molecule has 2 aromatic heterocycles. The number of hydrogen-bond donors (Lipinski definition) is 2. The Bertz CT molecular complexity index is 1630. The van der Waals surface area contributed by atoms with E-state index in [2.05, 4.69) is 5.10 Å². The third kappa shape index (κ3) is 4.12. The first kappa shape index (κ1) is 24.5. The lowest BCUT2D eigenvalue weighted by Crippen LogP contribution is -2.43. The van der Waals surface area contributed by atoms with Crippen molar-refractivity contribution in [3.8, 4) is 11.8 Å². The molecule has 0 spiro atoms. The van der Waals surface area contributed by atoms with Gasteiger partial charge in [0.25, 0.3) is 0 Å². The second kappa shape index (κ2) is 9.03. The number of hydrogen-bond acceptors (Lipinski definition) is 4. The van der Waals surface area contributed by atoms with Crippen molar-refractivity contribution >= 4 is 21.8 Å². The van der Waals surface area contributed by atoms with Crippen molar-refractivity contribution in [1.29, 1.82) is 5.26 Å². The monoisotopic (exact) mass is 508 g/mol. The molecule has 0 amide bonds. The van der Waals surface area contributed by atoms with Gasteiger partial charge in [0.05, 0.1) is 36.0 Å². The predicted octanol–water partition coefficient (Wildman–Crippen LogP) is 5.19. The Kier molecular flexibility index (Phi) is 5.98. The third-order valence-corrected chi connectivity index (χ3v) is 6.41. The molecule has 0 aliphatic heterocycles. The van der Waals surface area contributed by atoms with E-state index in [9.17, 15) is 27.8 Å². The molecule has 1 unspecified atom stereocenters. The van der Waals surface area contributed by atoms with Gasteiger partial charge >= 0.3 is 6.18 Å². The largest absolute Gasteiger partial charge is 0.425 e. The molecule has 0 fully saturated rings. The molecule has 2 heterocycles. The summed E-state index contributed by atoms with van der Waals surface area (Å²) in [7, 11) is 0. The summed E-state index contributed by atoms with van der Waals surface area (Å²) in [6.07, 6.45) is -3.30. The molecule has 0 saturated carbocycles. The van der Waals surface area contributed by atoms with Crippen LogP contribution < -0.4 is 0 Å². The van der Waals surface area contributed by atoms with E-state index in [0.29, 0.717) is 22.1 Å². The maximum Gasteiger partial charge on any atom is 0.425 e. The van der Waals surface area contributed by atoms with Crippen LogP contribution in [0.5, 0.6) is 0 Å². The lowest BCUT2D eigenvalue weighted by Gasteiger charge is -2.32. The van der Waals surface area contributed by atoms with Crippen LogP contribution in [0.25, 0.3) is 27.5 Å². The highest BCUT2D eigenvalue weighted by atomic mass is 19.4. The maximum absolute atomic E-state index is 14.6. The van der Waals surface area contributed by atoms with Gasteiger partial charge in [0.1, 0.15) is 5.82 Å². The Morgan fingerprint density at radius 1 is 1.00 bits per heavy atom. The van der Waals surface area contributed by atoms with Crippen molar-refractivity contribution in [2.24, 2.45) is 0 Å². The zero-order chi connectivity index (χ0) is 26.4. The van der Waals surface area contributed by atoms with E-state index in [1.165, 1.54) is 77.7 Å². The molecule has 0 saturated heterocycles. The van der Waals surface area contributed by atoms with Gasteiger partial charge in [-0.15, -0.1) is 0 Å². The summed E-state index contributed by atoms with van der Waals surface area (Å²) >= 11 is 0. The fraction of sp³-hybridized carbons (Fsp3) is 0.185. The molecule has 5 rings (SSSR count). The highest BCUT2D eigenvalue weighted by Gasteiger charge is 2.57. The van der Waals surface area contributed by atoms with E-state index < -0.39 is 29.3 Å². The van der Waals surface area contributed by atoms with Crippen LogP contribution in [0, 0.1) is 17.1 Å². The van der Waals surface area contributed by atoms with Gasteiger partial charge in [-0.05, 0) is 54.1 Å². The topological polar surface area (TPSA) is 87.0 Å². The summed E-state index contributed by atoms with van der Waals surface area (Å²) in [6, 6.07) is 16.9. The molecule has 2 atom stereocenters. The molecule has 10 heteroatoms. The van der Waals surface area contributed by atoms with E-state index in [-0.39, 0.29) is 23.9 Å². The highest BCUT2D eigenvalue weighted by molar-refractivity contribution is 5.86. The number of aromatic nitrogens is 3. The smallest absolute Gasteiger partial charge is 0.390 e. The van der Waals surface area contributed by atoms with Crippen molar-refractivity contribution in [3.63, 3.8) is 0 Å². The third-order valence-electron chi connectivity index (χ3n) is 6.41. The molecule has 0 bridgehead atoms. The predicted molar refractivity (Wildman–Crippen MR) is 128 cm³/mol. The SMILES string of the molecule is N#CCC(O)Cn1ccc2c([C@@](O)(c3ccc4c(cnn4-c4ccc(F)cc4)c3)C(F)(F)F)cccc21. The average Bonchev–Trinajstić information content (AvgIpc) is 3.47. The van der Waals surface area contributed by atoms with Crippen LogP contribution in [0.1, 0.15) is 17.5 Å². The molecular formula is C27H20F4N4O2.